The van der Waals surface area contributed by atoms with Gasteiger partial charge in [-0.2, -0.15) is 0 Å². The van der Waals surface area contributed by atoms with Gasteiger partial charge in [0.25, 0.3) is 0 Å². The molecule has 0 rings (SSSR count). The van der Waals surface area contributed by atoms with Crippen molar-refractivity contribution in [1.29, 1.82) is 0 Å². The molecular formula is HLaO3S-. The van der Waals surface area contributed by atoms with Crippen molar-refractivity contribution in [2.75, 3.05) is 0 Å². The molecule has 0 spiro atoms. The molecule has 0 amide bonds. The molecule has 1 radical (unpaired) electrons. The van der Waals surface area contributed by atoms with E-state index >= 15 is 0 Å². The molecule has 1 N–H and O–H groups in total. The first-order valence-electron chi connectivity index (χ1n) is 0.516. The van der Waals surface area contributed by atoms with Crippen LogP contribution in [0.1, 0.15) is 0 Å². The molecule has 3 nitrogen and oxygen atoms in total. The molecule has 0 aliphatic carbocycles. The molecule has 0 aromatic carbocycles. The van der Waals surface area contributed by atoms with Crippen LogP contribution in [0.5, 0.6) is 0 Å². The Hall–Kier alpha value is 1.26. The maximum absolute atomic E-state index is 8.56. The summed E-state index contributed by atoms with van der Waals surface area (Å²) < 4.78 is 24.1. The van der Waals surface area contributed by atoms with Crippen LogP contribution in [0.2, 0.25) is 0 Å². The van der Waals surface area contributed by atoms with Gasteiger partial charge in [0, 0.05) is 35.6 Å². The third kappa shape index (κ3) is 35.1. The number of hydrogen-bond acceptors (Lipinski definition) is 2. The summed E-state index contributed by atoms with van der Waals surface area (Å²) in [5.41, 5.74) is 0. The molecule has 5 heavy (non-hydrogen) atoms. The van der Waals surface area contributed by atoms with E-state index in [-0.39, 0.29) is 35.6 Å². The van der Waals surface area contributed by atoms with Crippen molar-refractivity contribution in [3.63, 3.8) is 0 Å². The number of hydrogen-bond donors (Lipinski definition) is 1. The maximum atomic E-state index is 8.56. The van der Waals surface area contributed by atoms with Crippen LogP contribution in [-0.2, 0) is 11.4 Å². The van der Waals surface area contributed by atoms with E-state index in [2.05, 4.69) is 0 Å². The van der Waals surface area contributed by atoms with Gasteiger partial charge in [0.1, 0.15) is 0 Å². The Labute approximate surface area is 59.9 Å². The zero-order valence-corrected chi connectivity index (χ0v) is 6.69. The second-order valence-corrected chi connectivity index (χ2v) is 0.651. The Morgan fingerprint density at radius 2 is 1.80 bits per heavy atom. The fourth-order valence-electron chi connectivity index (χ4n) is 0. The van der Waals surface area contributed by atoms with Gasteiger partial charge in [-0.1, -0.05) is 0 Å². The predicted octanol–water partition coefficient (Wildman–Crippen LogP) is -0.661. The van der Waals surface area contributed by atoms with Gasteiger partial charge in [0.05, 0.1) is 11.4 Å². The Bertz CT molecular complexity index is 29.9. The van der Waals surface area contributed by atoms with Crippen molar-refractivity contribution in [3.05, 3.63) is 0 Å². The topological polar surface area (TPSA) is 60.4 Å². The zero-order chi connectivity index (χ0) is 3.58. The van der Waals surface area contributed by atoms with Crippen molar-refractivity contribution in [2.24, 2.45) is 0 Å². The standard InChI is InChI=1S/La.H2O3S/c;1-4(2)3/h;(H2,1,2,3)/p-1. The molecule has 5 heteroatoms. The largest absolute Gasteiger partial charge is 0.750 e. The second kappa shape index (κ2) is 5.26. The normalized spacial score (nSPS) is 12.4. The van der Waals surface area contributed by atoms with Gasteiger partial charge in [-0.15, -0.1) is 0 Å². The van der Waals surface area contributed by atoms with Crippen LogP contribution in [0.3, 0.4) is 0 Å². The van der Waals surface area contributed by atoms with E-state index < -0.39 is 11.4 Å². The Kier molecular flexibility index (Phi) is 10.1. The van der Waals surface area contributed by atoms with Gasteiger partial charge < -0.3 is 9.11 Å². The van der Waals surface area contributed by atoms with Crippen molar-refractivity contribution in [2.45, 2.75) is 0 Å². The molecule has 0 aliphatic rings. The summed E-state index contributed by atoms with van der Waals surface area (Å²) in [4.78, 5) is 0. The molecule has 1 unspecified atom stereocenters. The summed E-state index contributed by atoms with van der Waals surface area (Å²) in [7, 11) is 0. The molecule has 0 heterocycles. The van der Waals surface area contributed by atoms with Crippen LogP contribution in [-0.4, -0.2) is 13.3 Å². The summed E-state index contributed by atoms with van der Waals surface area (Å²) in [6.45, 7) is 0. The van der Waals surface area contributed by atoms with Gasteiger partial charge in [-0.3, -0.25) is 0 Å². The smallest absolute Gasteiger partial charge is 0.0814 e. The zero-order valence-electron chi connectivity index (χ0n) is 2.25. The SMILES string of the molecule is O=S([O-])O.[La]. The van der Waals surface area contributed by atoms with Crippen LogP contribution >= 0.6 is 0 Å². The van der Waals surface area contributed by atoms with E-state index in [9.17, 15) is 0 Å². The molecule has 1 atom stereocenters. The van der Waals surface area contributed by atoms with E-state index in [1.807, 2.05) is 0 Å². The predicted molar refractivity (Wildman–Crippen MR) is 11.5 cm³/mol. The first-order valence-corrected chi connectivity index (χ1v) is 1.55. The van der Waals surface area contributed by atoms with Gasteiger partial charge in [0.15, 0.2) is 0 Å². The molecule has 0 saturated carbocycles. The van der Waals surface area contributed by atoms with Crippen LogP contribution in [0.25, 0.3) is 0 Å². The average molecular weight is 220 g/mol. The molecule has 29 valence electrons. The number of rotatable bonds is 0. The van der Waals surface area contributed by atoms with Crippen molar-refractivity contribution in [3.8, 4) is 0 Å². The first-order chi connectivity index (χ1) is 1.73. The molecule has 0 aromatic rings. The molecule has 0 aromatic heterocycles. The summed E-state index contributed by atoms with van der Waals surface area (Å²) in [6, 6.07) is 0. The average Bonchev–Trinajstić information content (AvgIpc) is 0.811. The Morgan fingerprint density at radius 3 is 1.80 bits per heavy atom. The minimum atomic E-state index is -2.86. The van der Waals surface area contributed by atoms with E-state index in [1.165, 1.54) is 0 Å². The van der Waals surface area contributed by atoms with Gasteiger partial charge in [0.2, 0.25) is 0 Å². The van der Waals surface area contributed by atoms with Crippen LogP contribution in [0, 0.1) is 35.6 Å². The summed E-state index contributed by atoms with van der Waals surface area (Å²) in [5, 5.41) is 0. The summed E-state index contributed by atoms with van der Waals surface area (Å²) >= 11 is -2.86. The maximum Gasteiger partial charge on any atom is 0.0814 e. The van der Waals surface area contributed by atoms with Gasteiger partial charge in [-0.25, -0.2) is 4.21 Å². The van der Waals surface area contributed by atoms with Gasteiger partial charge in [-0.05, 0) is 0 Å². The molecule has 0 saturated heterocycles. The van der Waals surface area contributed by atoms with Crippen molar-refractivity contribution < 1.29 is 48.9 Å². The van der Waals surface area contributed by atoms with Crippen LogP contribution < -0.4 is 0 Å². The fraction of sp³-hybridized carbons (Fsp3) is 0. The third-order valence-corrected chi connectivity index (χ3v) is 0. The molecule has 0 bridgehead atoms. The minimum Gasteiger partial charge on any atom is -0.750 e. The third-order valence-electron chi connectivity index (χ3n) is 0. The minimum absolute atomic E-state index is 0. The van der Waals surface area contributed by atoms with E-state index in [4.69, 9.17) is 13.3 Å². The van der Waals surface area contributed by atoms with Crippen LogP contribution in [0.15, 0.2) is 0 Å². The van der Waals surface area contributed by atoms with E-state index in [0.29, 0.717) is 0 Å². The van der Waals surface area contributed by atoms with Crippen molar-refractivity contribution in [1.82, 2.24) is 0 Å². The molecule has 0 aliphatic heterocycles. The van der Waals surface area contributed by atoms with Crippen molar-refractivity contribution >= 4 is 11.4 Å². The Balaban J connectivity index is 0. The van der Waals surface area contributed by atoms with E-state index in [0.717, 1.165) is 0 Å². The molecule has 0 fully saturated rings. The Morgan fingerprint density at radius 1 is 1.80 bits per heavy atom. The quantitative estimate of drug-likeness (QED) is 0.551. The fourth-order valence-corrected chi connectivity index (χ4v) is 0. The second-order valence-electron chi connectivity index (χ2n) is 0.217. The van der Waals surface area contributed by atoms with Crippen LogP contribution in [0.4, 0.5) is 0 Å². The first kappa shape index (κ1) is 9.55. The van der Waals surface area contributed by atoms with E-state index in [1.54, 1.807) is 0 Å². The summed E-state index contributed by atoms with van der Waals surface area (Å²) in [5.74, 6) is 0. The van der Waals surface area contributed by atoms with Gasteiger partial charge >= 0.3 is 0 Å². The molecular weight excluding hydrogens is 219 g/mol. The summed E-state index contributed by atoms with van der Waals surface area (Å²) in [6.07, 6.45) is 0. The monoisotopic (exact) mass is 220 g/mol.